The van der Waals surface area contributed by atoms with Crippen molar-refractivity contribution < 1.29 is 23.4 Å². The molecule has 1 aliphatic rings. The second-order valence-corrected chi connectivity index (χ2v) is 4.54. The van der Waals surface area contributed by atoms with Gasteiger partial charge in [-0.3, -0.25) is 4.79 Å². The summed E-state index contributed by atoms with van der Waals surface area (Å²) < 4.78 is 29.4. The van der Waals surface area contributed by atoms with E-state index in [4.69, 9.17) is 14.2 Å². The van der Waals surface area contributed by atoms with Gasteiger partial charge >= 0.3 is 0 Å². The molecule has 5 heteroatoms. The molecule has 0 aromatic heterocycles. The minimum Gasteiger partial charge on any atom is -0.494 e. The molecule has 0 spiro atoms. The maximum Gasteiger partial charge on any atom is 0.193 e. The average Bonchev–Trinajstić information content (AvgIpc) is 2.53. The van der Waals surface area contributed by atoms with E-state index in [-0.39, 0.29) is 17.1 Å². The van der Waals surface area contributed by atoms with E-state index >= 15 is 0 Å². The van der Waals surface area contributed by atoms with Crippen LogP contribution in [0.3, 0.4) is 0 Å². The van der Waals surface area contributed by atoms with Gasteiger partial charge in [-0.1, -0.05) is 0 Å². The number of benzene rings is 2. The maximum atomic E-state index is 13.7. The summed E-state index contributed by atoms with van der Waals surface area (Å²) in [5, 5.41) is 0. The van der Waals surface area contributed by atoms with Gasteiger partial charge < -0.3 is 14.2 Å². The molecule has 2 aromatic carbocycles. The highest BCUT2D eigenvalue weighted by Crippen LogP contribution is 2.31. The summed E-state index contributed by atoms with van der Waals surface area (Å²) in [5.41, 5.74) is 0.675. The number of carbonyl (C=O) groups excluding carboxylic acids is 1. The molecule has 0 saturated carbocycles. The van der Waals surface area contributed by atoms with Crippen molar-refractivity contribution in [1.82, 2.24) is 0 Å². The van der Waals surface area contributed by atoms with Crippen LogP contribution in [0.15, 0.2) is 36.4 Å². The first-order valence-electron chi connectivity index (χ1n) is 6.47. The topological polar surface area (TPSA) is 44.8 Å². The molecule has 0 N–H and O–H groups in total. The molecule has 1 aliphatic heterocycles. The third kappa shape index (κ3) is 2.54. The SMILES string of the molecule is COc1ccc(C(=O)c2ccc3c(c2)OCCO3)cc1F. The highest BCUT2D eigenvalue weighted by atomic mass is 19.1. The van der Waals surface area contributed by atoms with Crippen molar-refractivity contribution >= 4 is 5.78 Å². The van der Waals surface area contributed by atoms with Crippen molar-refractivity contribution in [3.8, 4) is 17.2 Å². The highest BCUT2D eigenvalue weighted by molar-refractivity contribution is 6.09. The Kier molecular flexibility index (Phi) is 3.48. The van der Waals surface area contributed by atoms with Crippen molar-refractivity contribution in [3.05, 3.63) is 53.3 Å². The molecular formula is C16H13FO4. The summed E-state index contributed by atoms with van der Waals surface area (Å²) in [4.78, 5) is 12.4. The summed E-state index contributed by atoms with van der Waals surface area (Å²) in [6.07, 6.45) is 0. The predicted octanol–water partition coefficient (Wildman–Crippen LogP) is 2.84. The zero-order valence-corrected chi connectivity index (χ0v) is 11.4. The maximum absolute atomic E-state index is 13.7. The van der Waals surface area contributed by atoms with Crippen molar-refractivity contribution in [2.45, 2.75) is 0 Å². The monoisotopic (exact) mass is 288 g/mol. The Bertz CT molecular complexity index is 697. The number of carbonyl (C=O) groups is 1. The molecule has 0 amide bonds. The first kappa shape index (κ1) is 13.4. The number of ether oxygens (including phenoxy) is 3. The van der Waals surface area contributed by atoms with E-state index in [9.17, 15) is 9.18 Å². The van der Waals surface area contributed by atoms with E-state index in [1.807, 2.05) is 0 Å². The molecule has 1 heterocycles. The zero-order chi connectivity index (χ0) is 14.8. The van der Waals surface area contributed by atoms with Gasteiger partial charge in [-0.25, -0.2) is 4.39 Å². The Hall–Kier alpha value is -2.56. The molecule has 0 aliphatic carbocycles. The largest absolute Gasteiger partial charge is 0.494 e. The van der Waals surface area contributed by atoms with E-state index < -0.39 is 5.82 Å². The Balaban J connectivity index is 1.93. The average molecular weight is 288 g/mol. The van der Waals surface area contributed by atoms with Crippen LogP contribution in [0.2, 0.25) is 0 Å². The van der Waals surface area contributed by atoms with Crippen LogP contribution in [0.5, 0.6) is 17.2 Å². The first-order valence-corrected chi connectivity index (χ1v) is 6.47. The van der Waals surface area contributed by atoms with Gasteiger partial charge in [0.25, 0.3) is 0 Å². The Morgan fingerprint density at radius 1 is 1.05 bits per heavy atom. The smallest absolute Gasteiger partial charge is 0.193 e. The molecule has 0 bridgehead atoms. The fraction of sp³-hybridized carbons (Fsp3) is 0.188. The lowest BCUT2D eigenvalue weighted by Crippen LogP contribution is -2.16. The third-order valence-electron chi connectivity index (χ3n) is 3.22. The molecule has 0 atom stereocenters. The van der Waals surface area contributed by atoms with Gasteiger partial charge in [-0.05, 0) is 36.4 Å². The zero-order valence-electron chi connectivity index (χ0n) is 11.4. The van der Waals surface area contributed by atoms with Gasteiger partial charge in [0.05, 0.1) is 7.11 Å². The standard InChI is InChI=1S/C16H13FO4/c1-19-13-4-2-10(8-12(13)17)16(18)11-3-5-14-15(9-11)21-7-6-20-14/h2-5,8-9H,6-7H2,1H3. The molecule has 2 aromatic rings. The van der Waals surface area contributed by atoms with Crippen molar-refractivity contribution in [3.63, 3.8) is 0 Å². The lowest BCUT2D eigenvalue weighted by atomic mass is 10.0. The minimum absolute atomic E-state index is 0.105. The molecular weight excluding hydrogens is 275 g/mol. The van der Waals surface area contributed by atoms with Gasteiger partial charge in [0, 0.05) is 11.1 Å². The van der Waals surface area contributed by atoms with Gasteiger partial charge in [0.2, 0.25) is 0 Å². The summed E-state index contributed by atoms with van der Waals surface area (Å²) in [7, 11) is 1.38. The first-order chi connectivity index (χ1) is 10.2. The van der Waals surface area contributed by atoms with E-state index in [2.05, 4.69) is 0 Å². The number of hydrogen-bond donors (Lipinski definition) is 0. The fourth-order valence-corrected chi connectivity index (χ4v) is 2.16. The van der Waals surface area contributed by atoms with Gasteiger partial charge in [0.1, 0.15) is 13.2 Å². The van der Waals surface area contributed by atoms with Crippen LogP contribution in [0.1, 0.15) is 15.9 Å². The number of methoxy groups -OCH3 is 1. The van der Waals surface area contributed by atoms with Crippen molar-refractivity contribution in [2.75, 3.05) is 20.3 Å². The van der Waals surface area contributed by atoms with Crippen LogP contribution < -0.4 is 14.2 Å². The van der Waals surface area contributed by atoms with E-state index in [0.29, 0.717) is 30.3 Å². The van der Waals surface area contributed by atoms with Crippen LogP contribution in [-0.4, -0.2) is 26.1 Å². The number of rotatable bonds is 3. The number of fused-ring (bicyclic) bond motifs is 1. The normalized spacial score (nSPS) is 12.9. The van der Waals surface area contributed by atoms with E-state index in [1.54, 1.807) is 18.2 Å². The summed E-state index contributed by atoms with van der Waals surface area (Å²) >= 11 is 0. The Labute approximate surface area is 121 Å². The molecule has 3 rings (SSSR count). The number of ketones is 1. The molecule has 0 saturated heterocycles. The summed E-state index contributed by atoms with van der Waals surface area (Å²) in [6.45, 7) is 0.936. The number of hydrogen-bond acceptors (Lipinski definition) is 4. The third-order valence-corrected chi connectivity index (χ3v) is 3.22. The Morgan fingerprint density at radius 2 is 1.71 bits per heavy atom. The summed E-state index contributed by atoms with van der Waals surface area (Å²) in [6, 6.07) is 9.05. The van der Waals surface area contributed by atoms with Crippen LogP contribution in [0.25, 0.3) is 0 Å². The molecule has 0 unspecified atom stereocenters. The van der Waals surface area contributed by atoms with Gasteiger partial charge in [-0.15, -0.1) is 0 Å². The summed E-state index contributed by atoms with van der Waals surface area (Å²) in [5.74, 6) is 0.392. The van der Waals surface area contributed by atoms with Crippen LogP contribution >= 0.6 is 0 Å². The van der Waals surface area contributed by atoms with Gasteiger partial charge in [0.15, 0.2) is 28.8 Å². The van der Waals surface area contributed by atoms with Gasteiger partial charge in [-0.2, -0.15) is 0 Å². The molecule has 0 fully saturated rings. The van der Waals surface area contributed by atoms with Crippen LogP contribution in [-0.2, 0) is 0 Å². The van der Waals surface area contributed by atoms with Crippen molar-refractivity contribution in [2.24, 2.45) is 0 Å². The number of halogens is 1. The minimum atomic E-state index is -0.569. The highest BCUT2D eigenvalue weighted by Gasteiger charge is 2.17. The van der Waals surface area contributed by atoms with Crippen LogP contribution in [0, 0.1) is 5.82 Å². The van der Waals surface area contributed by atoms with Crippen molar-refractivity contribution in [1.29, 1.82) is 0 Å². The molecule has 4 nitrogen and oxygen atoms in total. The predicted molar refractivity (Wildman–Crippen MR) is 73.8 cm³/mol. The molecule has 108 valence electrons. The Morgan fingerprint density at radius 3 is 2.43 bits per heavy atom. The van der Waals surface area contributed by atoms with Crippen LogP contribution in [0.4, 0.5) is 4.39 Å². The van der Waals surface area contributed by atoms with E-state index in [1.165, 1.54) is 19.2 Å². The second kappa shape index (κ2) is 5.44. The quantitative estimate of drug-likeness (QED) is 0.815. The second-order valence-electron chi connectivity index (χ2n) is 4.54. The lowest BCUT2D eigenvalue weighted by Gasteiger charge is -2.18. The van der Waals surface area contributed by atoms with E-state index in [0.717, 1.165) is 6.07 Å². The molecule has 0 radical (unpaired) electrons. The fourth-order valence-electron chi connectivity index (χ4n) is 2.16. The lowest BCUT2D eigenvalue weighted by molar-refractivity contribution is 0.103. The molecule has 21 heavy (non-hydrogen) atoms.